The predicted molar refractivity (Wildman–Crippen MR) is 114 cm³/mol. The van der Waals surface area contributed by atoms with Crippen LogP contribution in [0.5, 0.6) is 0 Å². The maximum atomic E-state index is 13.0. The lowest BCUT2D eigenvalue weighted by molar-refractivity contribution is 0.512. The molecule has 0 bridgehead atoms. The van der Waals surface area contributed by atoms with Crippen molar-refractivity contribution >= 4 is 38.6 Å². The summed E-state index contributed by atoms with van der Waals surface area (Å²) in [6, 6.07) is 21.4. The lowest BCUT2D eigenvalue weighted by Crippen LogP contribution is -2.13. The summed E-state index contributed by atoms with van der Waals surface area (Å²) >= 11 is 1.47. The highest BCUT2D eigenvalue weighted by Gasteiger charge is 2.19. The minimum atomic E-state index is -3.86. The first-order valence-corrected chi connectivity index (χ1v) is 11.3. The SMILES string of the molecule is CCn1c(=O)oc2cc(S(=O)(=O)Nc3ccccc3Sc3ccccc3)ccc21. The van der Waals surface area contributed by atoms with Gasteiger partial charge in [0.25, 0.3) is 10.0 Å². The largest absolute Gasteiger partial charge is 0.419 e. The van der Waals surface area contributed by atoms with E-state index in [0.717, 1.165) is 9.79 Å². The Labute approximate surface area is 172 Å². The monoisotopic (exact) mass is 426 g/mol. The van der Waals surface area contributed by atoms with Gasteiger partial charge in [0.05, 0.1) is 16.1 Å². The Morgan fingerprint density at radius 2 is 1.72 bits per heavy atom. The zero-order valence-corrected chi connectivity index (χ0v) is 17.2. The van der Waals surface area contributed by atoms with Crippen LogP contribution < -0.4 is 10.5 Å². The molecule has 0 aliphatic heterocycles. The van der Waals surface area contributed by atoms with Crippen LogP contribution in [0, 0.1) is 0 Å². The number of nitrogens with zero attached hydrogens (tertiary/aromatic N) is 1. The average molecular weight is 427 g/mol. The molecule has 0 saturated carbocycles. The first-order valence-electron chi connectivity index (χ1n) is 8.96. The molecule has 4 aromatic rings. The van der Waals surface area contributed by atoms with E-state index < -0.39 is 15.8 Å². The summed E-state index contributed by atoms with van der Waals surface area (Å²) in [7, 11) is -3.86. The highest BCUT2D eigenvalue weighted by atomic mass is 32.2. The summed E-state index contributed by atoms with van der Waals surface area (Å²) in [6.07, 6.45) is 0. The molecule has 0 atom stereocenters. The van der Waals surface area contributed by atoms with Crippen molar-refractivity contribution in [1.29, 1.82) is 0 Å². The average Bonchev–Trinajstić information content (AvgIpc) is 3.04. The van der Waals surface area contributed by atoms with Crippen molar-refractivity contribution in [2.45, 2.75) is 28.2 Å². The minimum Gasteiger partial charge on any atom is -0.408 e. The van der Waals surface area contributed by atoms with Gasteiger partial charge in [0.2, 0.25) is 0 Å². The molecule has 0 amide bonds. The van der Waals surface area contributed by atoms with Gasteiger partial charge in [-0.2, -0.15) is 0 Å². The molecule has 0 unspecified atom stereocenters. The fourth-order valence-corrected chi connectivity index (χ4v) is 5.05. The highest BCUT2D eigenvalue weighted by molar-refractivity contribution is 7.99. The van der Waals surface area contributed by atoms with Crippen LogP contribution in [0.4, 0.5) is 5.69 Å². The van der Waals surface area contributed by atoms with Crippen LogP contribution in [0.2, 0.25) is 0 Å². The van der Waals surface area contributed by atoms with Gasteiger partial charge in [-0.1, -0.05) is 42.1 Å². The number of para-hydroxylation sites is 1. The molecule has 0 saturated heterocycles. The molecule has 8 heteroatoms. The maximum absolute atomic E-state index is 13.0. The standard InChI is InChI=1S/C21H18N2O4S2/c1-2-23-18-13-12-16(14-19(18)27-21(23)24)29(25,26)22-17-10-6-7-11-20(17)28-15-8-4-3-5-9-15/h3-14,22H,2H2,1H3. The lowest BCUT2D eigenvalue weighted by Gasteiger charge is -2.12. The van der Waals surface area contributed by atoms with Crippen molar-refractivity contribution in [2.24, 2.45) is 0 Å². The molecule has 29 heavy (non-hydrogen) atoms. The number of anilines is 1. The number of hydrogen-bond donors (Lipinski definition) is 1. The Morgan fingerprint density at radius 1 is 1.00 bits per heavy atom. The number of sulfonamides is 1. The molecular weight excluding hydrogens is 408 g/mol. The van der Waals surface area contributed by atoms with Gasteiger partial charge in [0.1, 0.15) is 0 Å². The zero-order chi connectivity index (χ0) is 20.4. The topological polar surface area (TPSA) is 81.3 Å². The molecule has 4 rings (SSSR count). The Bertz CT molecular complexity index is 1330. The predicted octanol–water partition coefficient (Wildman–Crippen LogP) is 4.57. The van der Waals surface area contributed by atoms with E-state index in [1.54, 1.807) is 18.2 Å². The lowest BCUT2D eigenvalue weighted by atomic mass is 10.3. The quantitative estimate of drug-likeness (QED) is 0.489. The fraction of sp³-hybridized carbons (Fsp3) is 0.0952. The Hall–Kier alpha value is -2.97. The summed E-state index contributed by atoms with van der Waals surface area (Å²) < 4.78 is 35.2. The third-order valence-corrected chi connectivity index (χ3v) is 6.82. The molecule has 0 aliphatic carbocycles. The second-order valence-corrected chi connectivity index (χ2v) is 9.06. The van der Waals surface area contributed by atoms with Gasteiger partial charge in [0, 0.05) is 22.4 Å². The number of benzene rings is 3. The molecule has 1 aromatic heterocycles. The van der Waals surface area contributed by atoms with Crippen molar-refractivity contribution in [3.8, 4) is 0 Å². The number of aromatic nitrogens is 1. The second-order valence-electron chi connectivity index (χ2n) is 6.26. The number of nitrogens with one attached hydrogen (secondary N) is 1. The van der Waals surface area contributed by atoms with E-state index in [-0.39, 0.29) is 10.5 Å². The fourth-order valence-electron chi connectivity index (χ4n) is 2.97. The number of oxazole rings is 1. The Kier molecular flexibility index (Phi) is 5.21. The normalized spacial score (nSPS) is 11.6. The molecule has 3 aromatic carbocycles. The van der Waals surface area contributed by atoms with E-state index in [9.17, 15) is 13.2 Å². The Balaban J connectivity index is 1.67. The van der Waals surface area contributed by atoms with Crippen LogP contribution in [-0.2, 0) is 16.6 Å². The molecule has 0 fully saturated rings. The molecule has 0 aliphatic rings. The van der Waals surface area contributed by atoms with E-state index in [2.05, 4.69) is 4.72 Å². The van der Waals surface area contributed by atoms with Crippen molar-refractivity contribution < 1.29 is 12.8 Å². The van der Waals surface area contributed by atoms with Crippen LogP contribution in [0.1, 0.15) is 6.92 Å². The van der Waals surface area contributed by atoms with Crippen molar-refractivity contribution in [3.05, 3.63) is 83.3 Å². The molecule has 148 valence electrons. The molecule has 1 N–H and O–H groups in total. The van der Waals surface area contributed by atoms with Crippen LogP contribution in [0.25, 0.3) is 11.1 Å². The summed E-state index contributed by atoms with van der Waals surface area (Å²) in [5.74, 6) is -0.505. The third-order valence-electron chi connectivity index (χ3n) is 4.37. The van der Waals surface area contributed by atoms with Gasteiger partial charge in [0.15, 0.2) is 5.58 Å². The van der Waals surface area contributed by atoms with E-state index in [1.165, 1.54) is 28.5 Å². The summed E-state index contributed by atoms with van der Waals surface area (Å²) in [5.41, 5.74) is 1.29. The van der Waals surface area contributed by atoms with Gasteiger partial charge in [-0.25, -0.2) is 13.2 Å². The smallest absolute Gasteiger partial charge is 0.408 e. The molecular formula is C21H18N2O4S2. The summed E-state index contributed by atoms with van der Waals surface area (Å²) in [4.78, 5) is 13.7. The summed E-state index contributed by atoms with van der Waals surface area (Å²) in [6.45, 7) is 2.27. The molecule has 6 nitrogen and oxygen atoms in total. The van der Waals surface area contributed by atoms with E-state index in [4.69, 9.17) is 4.42 Å². The van der Waals surface area contributed by atoms with Crippen molar-refractivity contribution in [2.75, 3.05) is 4.72 Å². The number of rotatable bonds is 6. The summed E-state index contributed by atoms with van der Waals surface area (Å²) in [5, 5.41) is 0. The van der Waals surface area contributed by atoms with Gasteiger partial charge in [-0.15, -0.1) is 0 Å². The van der Waals surface area contributed by atoms with Crippen LogP contribution in [0.15, 0.2) is 96.7 Å². The third kappa shape index (κ3) is 3.94. The molecule has 0 radical (unpaired) electrons. The first kappa shape index (κ1) is 19.4. The molecule has 1 heterocycles. The van der Waals surface area contributed by atoms with E-state index >= 15 is 0 Å². The van der Waals surface area contributed by atoms with Crippen LogP contribution >= 0.6 is 11.8 Å². The van der Waals surface area contributed by atoms with Crippen molar-refractivity contribution in [3.63, 3.8) is 0 Å². The van der Waals surface area contributed by atoms with E-state index in [1.807, 2.05) is 49.4 Å². The minimum absolute atomic E-state index is 0.0292. The molecule has 0 spiro atoms. The number of aryl methyl sites for hydroxylation is 1. The van der Waals surface area contributed by atoms with Gasteiger partial charge < -0.3 is 4.42 Å². The van der Waals surface area contributed by atoms with Crippen LogP contribution in [-0.4, -0.2) is 13.0 Å². The van der Waals surface area contributed by atoms with Gasteiger partial charge >= 0.3 is 5.76 Å². The maximum Gasteiger partial charge on any atom is 0.419 e. The number of hydrogen-bond acceptors (Lipinski definition) is 5. The van der Waals surface area contributed by atoms with E-state index in [0.29, 0.717) is 17.7 Å². The first-order chi connectivity index (χ1) is 14.0. The van der Waals surface area contributed by atoms with Crippen LogP contribution in [0.3, 0.4) is 0 Å². The Morgan fingerprint density at radius 3 is 2.48 bits per heavy atom. The zero-order valence-electron chi connectivity index (χ0n) is 15.5. The van der Waals surface area contributed by atoms with Gasteiger partial charge in [-0.3, -0.25) is 9.29 Å². The van der Waals surface area contributed by atoms with Crippen molar-refractivity contribution in [1.82, 2.24) is 4.57 Å². The highest BCUT2D eigenvalue weighted by Crippen LogP contribution is 2.34. The second kappa shape index (κ2) is 7.81. The number of fused-ring (bicyclic) bond motifs is 1. The van der Waals surface area contributed by atoms with Gasteiger partial charge in [-0.05, 0) is 43.3 Å².